The molecule has 0 aromatic carbocycles. The summed E-state index contributed by atoms with van der Waals surface area (Å²) in [5.74, 6) is 0.0481. The third kappa shape index (κ3) is 3.72. The number of aliphatic hydroxyl groups excluding tert-OH is 3. The quantitative estimate of drug-likeness (QED) is 0.345. The van der Waals surface area contributed by atoms with Crippen LogP contribution in [0.25, 0.3) is 17.1 Å². The zero-order valence-electron chi connectivity index (χ0n) is 16.9. The standard InChI is InChI=1S/C18H23N7O6/c1-3-19-14-11-15(24(8-20-11)16-13(28)12(27)10(7-26)31-16)23-18(22-14)25-6-9(5-21-25)17(29)30-4-2/h5-6,8,10,12-13,16,26-28H,3-4,7H2,1-2H3,(H,19,22,23)/t10-,12-,13-,16-/m1/s1. The molecular weight excluding hydrogens is 410 g/mol. The molecule has 0 radical (unpaired) electrons. The van der Waals surface area contributed by atoms with Gasteiger partial charge in [-0.1, -0.05) is 0 Å². The van der Waals surface area contributed by atoms with Crippen LogP contribution in [0.3, 0.4) is 0 Å². The predicted molar refractivity (Wildman–Crippen MR) is 106 cm³/mol. The van der Waals surface area contributed by atoms with Crippen LogP contribution in [0.5, 0.6) is 0 Å². The number of hydrogen-bond acceptors (Lipinski definition) is 11. The number of anilines is 1. The Morgan fingerprint density at radius 2 is 2.10 bits per heavy atom. The summed E-state index contributed by atoms with van der Waals surface area (Å²) in [6.07, 6.45) is -0.301. The lowest BCUT2D eigenvalue weighted by Crippen LogP contribution is -2.33. The third-order valence-corrected chi connectivity index (χ3v) is 4.84. The van der Waals surface area contributed by atoms with E-state index in [1.807, 2.05) is 6.92 Å². The molecule has 3 aromatic rings. The zero-order valence-corrected chi connectivity index (χ0v) is 16.9. The van der Waals surface area contributed by atoms with Gasteiger partial charge in [0.15, 0.2) is 23.2 Å². The second kappa shape index (κ2) is 8.55. The number of imidazole rings is 1. The molecule has 13 nitrogen and oxygen atoms in total. The number of ether oxygens (including phenoxy) is 2. The fraction of sp³-hybridized carbons (Fsp3) is 0.500. The number of carbonyl (C=O) groups is 1. The van der Waals surface area contributed by atoms with Gasteiger partial charge in [0.25, 0.3) is 5.95 Å². The van der Waals surface area contributed by atoms with Crippen LogP contribution in [0, 0.1) is 0 Å². The summed E-state index contributed by atoms with van der Waals surface area (Å²) in [7, 11) is 0. The largest absolute Gasteiger partial charge is 0.462 e. The molecule has 1 aliphatic rings. The molecule has 0 aliphatic carbocycles. The van der Waals surface area contributed by atoms with Gasteiger partial charge in [-0.25, -0.2) is 14.5 Å². The number of nitrogens with zero attached hydrogens (tertiary/aromatic N) is 6. The van der Waals surface area contributed by atoms with E-state index < -0.39 is 37.1 Å². The molecule has 1 aliphatic heterocycles. The van der Waals surface area contributed by atoms with Crippen molar-refractivity contribution in [2.75, 3.05) is 25.1 Å². The monoisotopic (exact) mass is 433 g/mol. The Hall–Kier alpha value is -3.13. The molecule has 166 valence electrons. The SMILES string of the molecule is CCNc1nc(-n2cc(C(=O)OCC)cn2)nc2c1ncn2[C@@H]1O[C@H](CO)[C@@H](O)[C@H]1O. The van der Waals surface area contributed by atoms with Crippen molar-refractivity contribution in [3.63, 3.8) is 0 Å². The minimum atomic E-state index is -1.30. The van der Waals surface area contributed by atoms with Crippen LogP contribution in [0.4, 0.5) is 5.82 Å². The van der Waals surface area contributed by atoms with Gasteiger partial charge in [-0.2, -0.15) is 15.1 Å². The number of esters is 1. The first-order chi connectivity index (χ1) is 15.0. The lowest BCUT2D eigenvalue weighted by Gasteiger charge is -2.17. The highest BCUT2D eigenvalue weighted by atomic mass is 16.6. The van der Waals surface area contributed by atoms with E-state index in [9.17, 15) is 20.1 Å². The molecule has 4 N–H and O–H groups in total. The summed E-state index contributed by atoms with van der Waals surface area (Å²) in [5.41, 5.74) is 0.970. The molecule has 1 fully saturated rings. The normalized spacial score (nSPS) is 23.4. The molecule has 0 unspecified atom stereocenters. The van der Waals surface area contributed by atoms with Gasteiger partial charge in [0.05, 0.1) is 31.3 Å². The van der Waals surface area contributed by atoms with E-state index in [1.54, 1.807) is 6.92 Å². The third-order valence-electron chi connectivity index (χ3n) is 4.84. The van der Waals surface area contributed by atoms with Crippen molar-refractivity contribution in [2.45, 2.75) is 38.4 Å². The summed E-state index contributed by atoms with van der Waals surface area (Å²) < 4.78 is 13.4. The maximum atomic E-state index is 12.0. The average Bonchev–Trinajstić information content (AvgIpc) is 3.47. The average molecular weight is 433 g/mol. The highest BCUT2D eigenvalue weighted by Gasteiger charge is 2.44. The summed E-state index contributed by atoms with van der Waals surface area (Å²) in [6, 6.07) is 0. The molecule has 4 atom stereocenters. The van der Waals surface area contributed by atoms with E-state index in [2.05, 4.69) is 25.4 Å². The van der Waals surface area contributed by atoms with Gasteiger partial charge in [-0.05, 0) is 13.8 Å². The fourth-order valence-electron chi connectivity index (χ4n) is 3.35. The maximum absolute atomic E-state index is 12.0. The highest BCUT2D eigenvalue weighted by molar-refractivity contribution is 5.89. The van der Waals surface area contributed by atoms with Crippen molar-refractivity contribution in [2.24, 2.45) is 0 Å². The molecule has 0 amide bonds. The molecule has 4 rings (SSSR count). The molecule has 31 heavy (non-hydrogen) atoms. The Morgan fingerprint density at radius 1 is 1.29 bits per heavy atom. The first-order valence-electron chi connectivity index (χ1n) is 9.81. The van der Waals surface area contributed by atoms with Crippen LogP contribution in [0.1, 0.15) is 30.4 Å². The number of rotatable bonds is 7. The van der Waals surface area contributed by atoms with Gasteiger partial charge in [-0.3, -0.25) is 4.57 Å². The van der Waals surface area contributed by atoms with Gasteiger partial charge in [0, 0.05) is 12.7 Å². The fourth-order valence-corrected chi connectivity index (χ4v) is 3.35. The van der Waals surface area contributed by atoms with Crippen molar-refractivity contribution in [1.29, 1.82) is 0 Å². The number of carbonyl (C=O) groups excluding carboxylic acids is 1. The van der Waals surface area contributed by atoms with Gasteiger partial charge >= 0.3 is 5.97 Å². The number of aliphatic hydroxyl groups is 3. The van der Waals surface area contributed by atoms with Crippen LogP contribution < -0.4 is 5.32 Å². The minimum Gasteiger partial charge on any atom is -0.462 e. The summed E-state index contributed by atoms with van der Waals surface area (Å²) in [4.78, 5) is 25.2. The first kappa shape index (κ1) is 21.1. The van der Waals surface area contributed by atoms with Gasteiger partial charge in [0.2, 0.25) is 0 Å². The molecule has 3 aromatic heterocycles. The number of fused-ring (bicyclic) bond motifs is 1. The zero-order chi connectivity index (χ0) is 22.1. The van der Waals surface area contributed by atoms with Gasteiger partial charge in [-0.15, -0.1) is 0 Å². The van der Waals surface area contributed by atoms with E-state index >= 15 is 0 Å². The second-order valence-electron chi connectivity index (χ2n) is 6.85. The van der Waals surface area contributed by atoms with Crippen molar-refractivity contribution in [1.82, 2.24) is 29.3 Å². The topological polar surface area (TPSA) is 170 Å². The lowest BCUT2D eigenvalue weighted by atomic mass is 10.1. The Labute approximate surface area is 176 Å². The van der Waals surface area contributed by atoms with Crippen molar-refractivity contribution in [3.05, 3.63) is 24.3 Å². The number of hydrogen-bond donors (Lipinski definition) is 4. The van der Waals surface area contributed by atoms with Crippen LogP contribution in [-0.4, -0.2) is 88.7 Å². The van der Waals surface area contributed by atoms with Crippen LogP contribution in [0.2, 0.25) is 0 Å². The van der Waals surface area contributed by atoms with Crippen LogP contribution in [0.15, 0.2) is 18.7 Å². The van der Waals surface area contributed by atoms with E-state index in [1.165, 1.54) is 28.0 Å². The molecule has 0 bridgehead atoms. The van der Waals surface area contributed by atoms with Crippen LogP contribution in [-0.2, 0) is 9.47 Å². The molecule has 0 spiro atoms. The van der Waals surface area contributed by atoms with E-state index in [0.717, 1.165) is 0 Å². The van der Waals surface area contributed by atoms with Gasteiger partial charge in [0.1, 0.15) is 18.3 Å². The first-order valence-corrected chi connectivity index (χ1v) is 9.81. The lowest BCUT2D eigenvalue weighted by molar-refractivity contribution is -0.0511. The molecule has 4 heterocycles. The molecule has 1 saturated heterocycles. The Balaban J connectivity index is 1.78. The molecule has 0 saturated carbocycles. The van der Waals surface area contributed by atoms with E-state index in [0.29, 0.717) is 23.5 Å². The summed E-state index contributed by atoms with van der Waals surface area (Å²) >= 11 is 0. The summed E-state index contributed by atoms with van der Waals surface area (Å²) in [6.45, 7) is 3.94. The Morgan fingerprint density at radius 3 is 2.77 bits per heavy atom. The Bertz CT molecular complexity index is 1080. The minimum absolute atomic E-state index is 0.146. The molecule has 13 heteroatoms. The smallest absolute Gasteiger partial charge is 0.341 e. The second-order valence-corrected chi connectivity index (χ2v) is 6.85. The van der Waals surface area contributed by atoms with Crippen LogP contribution >= 0.6 is 0 Å². The molecular formula is C18H23N7O6. The van der Waals surface area contributed by atoms with Crippen molar-refractivity contribution < 1.29 is 29.6 Å². The Kier molecular flexibility index (Phi) is 5.82. The predicted octanol–water partition coefficient (Wildman–Crippen LogP) is -0.768. The summed E-state index contributed by atoms with van der Waals surface area (Å²) in [5, 5.41) is 37.1. The maximum Gasteiger partial charge on any atom is 0.341 e. The van der Waals surface area contributed by atoms with Crippen molar-refractivity contribution in [3.8, 4) is 5.95 Å². The van der Waals surface area contributed by atoms with E-state index in [-0.39, 0.29) is 18.1 Å². The number of nitrogens with one attached hydrogen (secondary N) is 1. The van der Waals surface area contributed by atoms with E-state index in [4.69, 9.17) is 9.47 Å². The number of aromatic nitrogens is 6. The van der Waals surface area contributed by atoms with Gasteiger partial charge < -0.3 is 30.1 Å². The van der Waals surface area contributed by atoms with Crippen molar-refractivity contribution >= 4 is 23.0 Å². The highest BCUT2D eigenvalue weighted by Crippen LogP contribution is 2.32.